The SMILES string of the molecule is CCOCCOCc1ccc(OB(Oc2ccc(COCCOCC)cc2)Oc2ccc(COCCOCC)cc2)cc1. The van der Waals surface area contributed by atoms with Crippen molar-refractivity contribution in [3.05, 3.63) is 89.5 Å². The van der Waals surface area contributed by atoms with Crippen molar-refractivity contribution < 1.29 is 42.4 Å². The van der Waals surface area contributed by atoms with Gasteiger partial charge in [-0.25, -0.2) is 0 Å². The molecule has 0 bridgehead atoms. The molecule has 3 aromatic carbocycles. The highest BCUT2D eigenvalue weighted by Gasteiger charge is 2.30. The Bertz CT molecular complexity index is 953. The van der Waals surface area contributed by atoms with Crippen LogP contribution >= 0.6 is 0 Å². The van der Waals surface area contributed by atoms with Crippen LogP contribution in [0.4, 0.5) is 0 Å². The molecule has 0 unspecified atom stereocenters. The predicted octanol–water partition coefficient (Wildman–Crippen LogP) is 5.87. The second-order valence-corrected chi connectivity index (χ2v) is 9.32. The highest BCUT2D eigenvalue weighted by Crippen LogP contribution is 2.21. The van der Waals surface area contributed by atoms with Crippen molar-refractivity contribution in [2.75, 3.05) is 59.5 Å². The Morgan fingerprint density at radius 1 is 0.372 bits per heavy atom. The molecule has 234 valence electrons. The van der Waals surface area contributed by atoms with E-state index in [4.69, 9.17) is 42.4 Å². The van der Waals surface area contributed by atoms with E-state index in [-0.39, 0.29) is 0 Å². The molecule has 0 fully saturated rings. The van der Waals surface area contributed by atoms with Crippen molar-refractivity contribution in [1.29, 1.82) is 0 Å². The topological polar surface area (TPSA) is 83.1 Å². The summed E-state index contributed by atoms with van der Waals surface area (Å²) in [6.45, 7) is 12.8. The maximum Gasteiger partial charge on any atom is 0.864 e. The van der Waals surface area contributed by atoms with Gasteiger partial charge < -0.3 is 42.4 Å². The summed E-state index contributed by atoms with van der Waals surface area (Å²) in [5.41, 5.74) is 3.08. The average molecular weight is 597 g/mol. The minimum Gasteiger partial charge on any atom is -0.490 e. The van der Waals surface area contributed by atoms with Crippen molar-refractivity contribution in [3.63, 3.8) is 0 Å². The first-order chi connectivity index (χ1) is 21.2. The van der Waals surface area contributed by atoms with Crippen LogP contribution in [0.1, 0.15) is 37.5 Å². The molecule has 0 aliphatic carbocycles. The zero-order valence-corrected chi connectivity index (χ0v) is 25.7. The fourth-order valence-corrected chi connectivity index (χ4v) is 3.75. The van der Waals surface area contributed by atoms with Crippen molar-refractivity contribution in [3.8, 4) is 17.2 Å². The molecule has 0 spiro atoms. The second kappa shape index (κ2) is 21.6. The summed E-state index contributed by atoms with van der Waals surface area (Å²) in [7, 11) is -1.03. The summed E-state index contributed by atoms with van der Waals surface area (Å²) in [5, 5.41) is 0. The van der Waals surface area contributed by atoms with Gasteiger partial charge in [0.05, 0.1) is 59.5 Å². The Labute approximate surface area is 256 Å². The largest absolute Gasteiger partial charge is 0.864 e. The number of ether oxygens (including phenoxy) is 6. The molecule has 0 aliphatic rings. The Hall–Kier alpha value is -3.12. The Kier molecular flexibility index (Phi) is 17.2. The maximum absolute atomic E-state index is 6.12. The molecule has 0 N–H and O–H groups in total. The fourth-order valence-electron chi connectivity index (χ4n) is 3.75. The molecule has 3 aromatic rings. The molecule has 43 heavy (non-hydrogen) atoms. The molecule has 9 nitrogen and oxygen atoms in total. The summed E-state index contributed by atoms with van der Waals surface area (Å²) < 4.78 is 51.3. The molecule has 0 aromatic heterocycles. The molecular weight excluding hydrogens is 551 g/mol. The Balaban J connectivity index is 1.59. The summed E-state index contributed by atoms with van der Waals surface area (Å²) in [5.74, 6) is 1.80. The Morgan fingerprint density at radius 2 is 0.628 bits per heavy atom. The summed E-state index contributed by atoms with van der Waals surface area (Å²) in [6, 6.07) is 22.9. The van der Waals surface area contributed by atoms with Crippen LogP contribution in [0.2, 0.25) is 0 Å². The lowest BCUT2D eigenvalue weighted by atomic mass is 10.1. The number of rotatable bonds is 24. The van der Waals surface area contributed by atoms with Gasteiger partial charge in [0.1, 0.15) is 17.2 Å². The van der Waals surface area contributed by atoms with Gasteiger partial charge in [-0.3, -0.25) is 0 Å². The third kappa shape index (κ3) is 14.8. The monoisotopic (exact) mass is 596 g/mol. The van der Waals surface area contributed by atoms with Crippen molar-refractivity contribution in [2.24, 2.45) is 0 Å². The van der Waals surface area contributed by atoms with Crippen LogP contribution < -0.4 is 14.0 Å². The van der Waals surface area contributed by atoms with E-state index < -0.39 is 7.32 Å². The summed E-state index contributed by atoms with van der Waals surface area (Å²) in [6.07, 6.45) is 0. The average Bonchev–Trinajstić information content (AvgIpc) is 3.03. The smallest absolute Gasteiger partial charge is 0.490 e. The Morgan fingerprint density at radius 3 is 0.884 bits per heavy atom. The summed E-state index contributed by atoms with van der Waals surface area (Å²) in [4.78, 5) is 0. The van der Waals surface area contributed by atoms with Crippen LogP contribution in [0.5, 0.6) is 17.2 Å². The molecule has 0 radical (unpaired) electrons. The second-order valence-electron chi connectivity index (χ2n) is 9.32. The van der Waals surface area contributed by atoms with E-state index >= 15 is 0 Å². The standard InChI is InChI=1S/C33H45BO9/c1-4-35-19-22-38-25-28-7-13-31(14-8-28)41-34(42-32-15-9-29(10-16-32)26-39-23-20-36-5-2)43-33-17-11-30(12-18-33)27-40-24-21-37-6-3/h7-18H,4-6,19-27H2,1-3H3. The normalized spacial score (nSPS) is 11.0. The molecule has 0 amide bonds. The fraction of sp³-hybridized carbons (Fsp3) is 0.455. The third-order valence-corrected chi connectivity index (χ3v) is 6.00. The van der Waals surface area contributed by atoms with Crippen LogP contribution in [-0.4, -0.2) is 66.8 Å². The van der Waals surface area contributed by atoms with Crippen LogP contribution in [0, 0.1) is 0 Å². The quantitative estimate of drug-likeness (QED) is 0.0932. The molecule has 0 saturated heterocycles. The zero-order chi connectivity index (χ0) is 30.4. The van der Waals surface area contributed by atoms with E-state index in [9.17, 15) is 0 Å². The van der Waals surface area contributed by atoms with Crippen LogP contribution in [0.25, 0.3) is 0 Å². The van der Waals surface area contributed by atoms with Crippen molar-refractivity contribution >= 4 is 7.32 Å². The molecule has 3 rings (SSSR count). The van der Waals surface area contributed by atoms with E-state index in [1.807, 2.05) is 93.6 Å². The van der Waals surface area contributed by atoms with Crippen LogP contribution in [-0.2, 0) is 48.2 Å². The van der Waals surface area contributed by atoms with Crippen LogP contribution in [0.15, 0.2) is 72.8 Å². The van der Waals surface area contributed by atoms with E-state index in [0.29, 0.717) is 96.5 Å². The molecule has 10 heteroatoms. The van der Waals surface area contributed by atoms with E-state index in [0.717, 1.165) is 16.7 Å². The molecule has 0 saturated carbocycles. The first-order valence-corrected chi connectivity index (χ1v) is 14.9. The molecular formula is C33H45BO9. The van der Waals surface area contributed by atoms with Gasteiger partial charge in [0.25, 0.3) is 0 Å². The molecule has 0 atom stereocenters. The van der Waals surface area contributed by atoms with Gasteiger partial charge in [-0.2, -0.15) is 0 Å². The predicted molar refractivity (Wildman–Crippen MR) is 165 cm³/mol. The lowest BCUT2D eigenvalue weighted by Gasteiger charge is -2.17. The van der Waals surface area contributed by atoms with E-state index in [1.54, 1.807) is 0 Å². The number of hydrogen-bond donors (Lipinski definition) is 0. The molecule has 0 aliphatic heterocycles. The minimum atomic E-state index is -1.03. The lowest BCUT2D eigenvalue weighted by molar-refractivity contribution is 0.0453. The third-order valence-electron chi connectivity index (χ3n) is 6.00. The number of benzene rings is 3. The minimum absolute atomic E-state index is 0.493. The van der Waals surface area contributed by atoms with Gasteiger partial charge in [-0.05, 0) is 73.9 Å². The van der Waals surface area contributed by atoms with Crippen molar-refractivity contribution in [1.82, 2.24) is 0 Å². The van der Waals surface area contributed by atoms with Gasteiger partial charge in [-0.1, -0.05) is 36.4 Å². The van der Waals surface area contributed by atoms with Crippen LogP contribution in [0.3, 0.4) is 0 Å². The van der Waals surface area contributed by atoms with Gasteiger partial charge in [-0.15, -0.1) is 0 Å². The summed E-state index contributed by atoms with van der Waals surface area (Å²) >= 11 is 0. The maximum atomic E-state index is 6.12. The van der Waals surface area contributed by atoms with E-state index in [1.165, 1.54) is 0 Å². The lowest BCUT2D eigenvalue weighted by Crippen LogP contribution is -2.37. The van der Waals surface area contributed by atoms with Crippen molar-refractivity contribution in [2.45, 2.75) is 40.6 Å². The van der Waals surface area contributed by atoms with Gasteiger partial charge in [0.2, 0.25) is 0 Å². The number of hydrogen-bond acceptors (Lipinski definition) is 9. The zero-order valence-electron chi connectivity index (χ0n) is 25.7. The first-order valence-electron chi connectivity index (χ1n) is 14.9. The van der Waals surface area contributed by atoms with Gasteiger partial charge in [0.15, 0.2) is 0 Å². The first kappa shape index (κ1) is 34.4. The van der Waals surface area contributed by atoms with Gasteiger partial charge in [0, 0.05) is 19.8 Å². The highest BCUT2D eigenvalue weighted by atomic mass is 16.7. The highest BCUT2D eigenvalue weighted by molar-refractivity contribution is 6.39. The van der Waals surface area contributed by atoms with E-state index in [2.05, 4.69) is 0 Å². The molecule has 0 heterocycles. The van der Waals surface area contributed by atoms with Gasteiger partial charge >= 0.3 is 7.32 Å².